The van der Waals surface area contributed by atoms with Gasteiger partial charge in [0.15, 0.2) is 5.76 Å². The molecule has 3 aromatic rings. The van der Waals surface area contributed by atoms with E-state index in [-0.39, 0.29) is 11.5 Å². The SMILES string of the molecule is O=C1/C(=C/c2c[nH]c3ccccc23)Oc2c1ccc(O)c2CN1CCCCC1. The Morgan fingerprint density at radius 3 is 2.79 bits per heavy atom. The van der Waals surface area contributed by atoms with Gasteiger partial charge in [-0.1, -0.05) is 24.6 Å². The Labute approximate surface area is 163 Å². The number of likely N-dealkylation sites (tertiary alicyclic amines) is 1. The summed E-state index contributed by atoms with van der Waals surface area (Å²) < 4.78 is 6.01. The van der Waals surface area contributed by atoms with E-state index in [0.717, 1.165) is 29.6 Å². The quantitative estimate of drug-likeness (QED) is 0.664. The topological polar surface area (TPSA) is 65.6 Å². The Hall–Kier alpha value is -3.05. The van der Waals surface area contributed by atoms with E-state index in [1.807, 2.05) is 30.5 Å². The highest BCUT2D eigenvalue weighted by molar-refractivity contribution is 6.15. The zero-order valence-corrected chi connectivity index (χ0v) is 15.6. The van der Waals surface area contributed by atoms with E-state index in [9.17, 15) is 9.90 Å². The number of phenolic OH excluding ortho intramolecular Hbond substituents is 1. The van der Waals surface area contributed by atoms with E-state index < -0.39 is 0 Å². The van der Waals surface area contributed by atoms with Crippen LogP contribution >= 0.6 is 0 Å². The molecule has 0 atom stereocenters. The lowest BCUT2D eigenvalue weighted by Crippen LogP contribution is -2.29. The molecule has 2 aromatic carbocycles. The number of aromatic nitrogens is 1. The molecule has 0 unspecified atom stereocenters. The molecule has 28 heavy (non-hydrogen) atoms. The number of phenols is 1. The number of H-pyrrole nitrogens is 1. The van der Waals surface area contributed by atoms with Crippen molar-refractivity contribution < 1.29 is 14.6 Å². The Morgan fingerprint density at radius 1 is 1.11 bits per heavy atom. The van der Waals surface area contributed by atoms with E-state index in [4.69, 9.17) is 4.74 Å². The van der Waals surface area contributed by atoms with Crippen LogP contribution in [0.15, 0.2) is 48.4 Å². The van der Waals surface area contributed by atoms with Gasteiger partial charge in [-0.05, 0) is 50.2 Å². The molecular weight excluding hydrogens is 352 g/mol. The van der Waals surface area contributed by atoms with E-state index in [1.165, 1.54) is 19.3 Å². The lowest BCUT2D eigenvalue weighted by Gasteiger charge is -2.27. The Morgan fingerprint density at radius 2 is 1.93 bits per heavy atom. The Kier molecular flexibility index (Phi) is 4.17. The first-order valence-electron chi connectivity index (χ1n) is 9.78. The summed E-state index contributed by atoms with van der Waals surface area (Å²) >= 11 is 0. The van der Waals surface area contributed by atoms with E-state index in [1.54, 1.807) is 18.2 Å². The highest BCUT2D eigenvalue weighted by Crippen LogP contribution is 2.40. The summed E-state index contributed by atoms with van der Waals surface area (Å²) in [5.41, 5.74) is 3.15. The van der Waals surface area contributed by atoms with E-state index >= 15 is 0 Å². The van der Waals surface area contributed by atoms with Crippen LogP contribution in [0.1, 0.15) is 40.7 Å². The molecule has 5 rings (SSSR count). The molecule has 1 aromatic heterocycles. The summed E-state index contributed by atoms with van der Waals surface area (Å²) in [6.07, 6.45) is 7.25. The molecule has 142 valence electrons. The van der Waals surface area contributed by atoms with Gasteiger partial charge in [-0.3, -0.25) is 9.69 Å². The first-order chi connectivity index (χ1) is 13.7. The van der Waals surface area contributed by atoms with Crippen LogP contribution < -0.4 is 4.74 Å². The molecule has 5 heteroatoms. The molecule has 0 saturated carbocycles. The van der Waals surface area contributed by atoms with Crippen LogP contribution in [0, 0.1) is 0 Å². The third kappa shape index (κ3) is 2.88. The van der Waals surface area contributed by atoms with Gasteiger partial charge in [0.25, 0.3) is 0 Å². The van der Waals surface area contributed by atoms with Gasteiger partial charge >= 0.3 is 0 Å². The standard InChI is InChI=1S/C23H22N2O3/c26-20-9-8-17-22(27)21(12-15-13-24-19-7-3-2-6-16(15)19)28-23(17)18(20)14-25-10-4-1-5-11-25/h2-3,6-9,12-13,24,26H,1,4-5,10-11,14H2/b21-12-. The second-order valence-electron chi connectivity index (χ2n) is 7.51. The number of carbonyl (C=O) groups is 1. The summed E-state index contributed by atoms with van der Waals surface area (Å²) in [6, 6.07) is 11.2. The predicted molar refractivity (Wildman–Crippen MR) is 108 cm³/mol. The normalized spacial score (nSPS) is 18.6. The number of piperidine rings is 1. The number of para-hydroxylation sites is 1. The summed E-state index contributed by atoms with van der Waals surface area (Å²) in [5, 5.41) is 11.5. The number of fused-ring (bicyclic) bond motifs is 2. The van der Waals surface area contributed by atoms with E-state index in [0.29, 0.717) is 29.2 Å². The summed E-state index contributed by atoms with van der Waals surface area (Å²) in [7, 11) is 0. The monoisotopic (exact) mass is 374 g/mol. The van der Waals surface area contributed by atoms with Gasteiger partial charge in [0.2, 0.25) is 5.78 Å². The van der Waals surface area contributed by atoms with Gasteiger partial charge < -0.3 is 14.8 Å². The number of benzene rings is 2. The lowest BCUT2D eigenvalue weighted by atomic mass is 10.0. The van der Waals surface area contributed by atoms with Crippen molar-refractivity contribution in [1.82, 2.24) is 9.88 Å². The van der Waals surface area contributed by atoms with Crippen LogP contribution in [0.4, 0.5) is 0 Å². The second-order valence-corrected chi connectivity index (χ2v) is 7.51. The van der Waals surface area contributed by atoms with Crippen LogP contribution in [-0.2, 0) is 6.54 Å². The van der Waals surface area contributed by atoms with Gasteiger partial charge in [0.05, 0.1) is 11.1 Å². The fraction of sp³-hybridized carbons (Fsp3) is 0.261. The number of carbonyl (C=O) groups excluding carboxylic acids is 1. The molecule has 5 nitrogen and oxygen atoms in total. The zero-order chi connectivity index (χ0) is 19.1. The molecule has 0 aliphatic carbocycles. The number of nitrogens with zero attached hydrogens (tertiary/aromatic N) is 1. The highest BCUT2D eigenvalue weighted by Gasteiger charge is 2.32. The average Bonchev–Trinajstić information content (AvgIpc) is 3.27. The molecule has 0 radical (unpaired) electrons. The Bertz CT molecular complexity index is 1090. The zero-order valence-electron chi connectivity index (χ0n) is 15.6. The minimum absolute atomic E-state index is 0.139. The molecule has 2 aliphatic heterocycles. The molecule has 1 fully saturated rings. The van der Waals surface area contributed by atoms with Crippen molar-refractivity contribution in [3.8, 4) is 11.5 Å². The van der Waals surface area contributed by atoms with Crippen LogP contribution in [0.2, 0.25) is 0 Å². The largest absolute Gasteiger partial charge is 0.507 e. The lowest BCUT2D eigenvalue weighted by molar-refractivity contribution is 0.101. The molecular formula is C23H22N2O3. The number of rotatable bonds is 3. The summed E-state index contributed by atoms with van der Waals surface area (Å²) in [5.74, 6) is 0.845. The Balaban J connectivity index is 1.50. The number of hydrogen-bond acceptors (Lipinski definition) is 4. The molecule has 0 spiro atoms. The van der Waals surface area contributed by atoms with E-state index in [2.05, 4.69) is 9.88 Å². The van der Waals surface area contributed by atoms with Crippen molar-refractivity contribution in [3.05, 3.63) is 65.0 Å². The molecule has 0 bridgehead atoms. The smallest absolute Gasteiger partial charge is 0.231 e. The molecule has 2 N–H and O–H groups in total. The van der Waals surface area contributed by atoms with Crippen molar-refractivity contribution in [2.45, 2.75) is 25.8 Å². The first kappa shape index (κ1) is 17.1. The minimum atomic E-state index is -0.139. The number of allylic oxidation sites excluding steroid dienone is 1. The number of Topliss-reactive ketones (excluding diaryl/α,β-unsaturated/α-hetero) is 1. The van der Waals surface area contributed by atoms with Crippen molar-refractivity contribution >= 4 is 22.8 Å². The number of hydrogen-bond donors (Lipinski definition) is 2. The van der Waals surface area contributed by atoms with Gasteiger partial charge in [-0.15, -0.1) is 0 Å². The molecule has 1 saturated heterocycles. The summed E-state index contributed by atoms with van der Waals surface area (Å²) in [6.45, 7) is 2.62. The van der Waals surface area contributed by atoms with Crippen molar-refractivity contribution in [2.75, 3.05) is 13.1 Å². The first-order valence-corrected chi connectivity index (χ1v) is 9.78. The van der Waals surface area contributed by atoms with Crippen molar-refractivity contribution in [3.63, 3.8) is 0 Å². The van der Waals surface area contributed by atoms with Crippen LogP contribution in [0.25, 0.3) is 17.0 Å². The average molecular weight is 374 g/mol. The minimum Gasteiger partial charge on any atom is -0.507 e. The van der Waals surface area contributed by atoms with Crippen molar-refractivity contribution in [1.29, 1.82) is 0 Å². The number of aromatic hydroxyl groups is 1. The maximum Gasteiger partial charge on any atom is 0.231 e. The number of nitrogens with one attached hydrogen (secondary N) is 1. The fourth-order valence-corrected chi connectivity index (χ4v) is 4.15. The second kappa shape index (κ2) is 6.84. The highest BCUT2D eigenvalue weighted by atomic mass is 16.5. The number of aromatic amines is 1. The molecule has 2 aliphatic rings. The number of ether oxygens (including phenoxy) is 1. The fourth-order valence-electron chi connectivity index (χ4n) is 4.15. The van der Waals surface area contributed by atoms with Crippen LogP contribution in [0.3, 0.4) is 0 Å². The third-order valence-electron chi connectivity index (χ3n) is 5.65. The van der Waals surface area contributed by atoms with Crippen molar-refractivity contribution in [2.24, 2.45) is 0 Å². The third-order valence-corrected chi connectivity index (χ3v) is 5.65. The van der Waals surface area contributed by atoms with Gasteiger partial charge in [0.1, 0.15) is 11.5 Å². The van der Waals surface area contributed by atoms with Gasteiger partial charge in [-0.25, -0.2) is 0 Å². The van der Waals surface area contributed by atoms with Crippen LogP contribution in [0.5, 0.6) is 11.5 Å². The predicted octanol–water partition coefficient (Wildman–Crippen LogP) is 4.48. The molecule has 0 amide bonds. The maximum absolute atomic E-state index is 12.9. The molecule has 3 heterocycles. The maximum atomic E-state index is 12.9. The summed E-state index contributed by atoms with van der Waals surface area (Å²) in [4.78, 5) is 18.4. The number of ketones is 1. The van der Waals surface area contributed by atoms with Gasteiger partial charge in [0, 0.05) is 29.2 Å². The van der Waals surface area contributed by atoms with Crippen LogP contribution in [-0.4, -0.2) is 33.9 Å². The van der Waals surface area contributed by atoms with Gasteiger partial charge in [-0.2, -0.15) is 0 Å².